The van der Waals surface area contributed by atoms with Gasteiger partial charge >= 0.3 is 0 Å². The fourth-order valence-corrected chi connectivity index (χ4v) is 0.677. The summed E-state index contributed by atoms with van der Waals surface area (Å²) in [5.41, 5.74) is 0. The quantitative estimate of drug-likeness (QED) is 0.602. The minimum absolute atomic E-state index is 0.250. The molecular weight excluding hydrogens is 138 g/mol. The zero-order valence-electron chi connectivity index (χ0n) is 8.19. The maximum atomic E-state index is 7.57. The van der Waals surface area contributed by atoms with Crippen molar-refractivity contribution in [2.24, 2.45) is 0 Å². The number of unbranched alkanes of at least 4 members (excludes halogenated alkanes) is 2. The van der Waals surface area contributed by atoms with Gasteiger partial charge in [-0.05, 0) is 26.4 Å². The highest BCUT2D eigenvalue weighted by Gasteiger charge is 1.81. The smallest absolute Gasteiger partial charge is 0.0402 e. The van der Waals surface area contributed by atoms with E-state index in [1.165, 1.54) is 25.8 Å². The molecule has 0 aliphatic carbocycles. The first-order valence-electron chi connectivity index (χ1n) is 4.64. The van der Waals surface area contributed by atoms with Crippen LogP contribution in [0.5, 0.6) is 0 Å². The van der Waals surface area contributed by atoms with Gasteiger partial charge in [-0.1, -0.05) is 26.7 Å². The lowest BCUT2D eigenvalue weighted by Gasteiger charge is -1.97. The average molecular weight is 161 g/mol. The van der Waals surface area contributed by atoms with Gasteiger partial charge in [0, 0.05) is 6.61 Å². The number of rotatable bonds is 5. The van der Waals surface area contributed by atoms with Gasteiger partial charge in [0.05, 0.1) is 0 Å². The lowest BCUT2D eigenvalue weighted by atomic mass is 10.2. The Labute approximate surface area is 71.0 Å². The third-order valence-corrected chi connectivity index (χ3v) is 1.21. The summed E-state index contributed by atoms with van der Waals surface area (Å²) in [4.78, 5) is 0. The second-order valence-corrected chi connectivity index (χ2v) is 2.38. The van der Waals surface area contributed by atoms with Crippen LogP contribution >= 0.6 is 0 Å². The summed E-state index contributed by atoms with van der Waals surface area (Å²) >= 11 is 0. The summed E-state index contributed by atoms with van der Waals surface area (Å²) in [6.45, 7) is 8.62. The molecule has 2 N–H and O–H groups in total. The van der Waals surface area contributed by atoms with E-state index in [0.717, 1.165) is 6.54 Å². The van der Waals surface area contributed by atoms with Gasteiger partial charge in [-0.25, -0.2) is 0 Å². The summed E-state index contributed by atoms with van der Waals surface area (Å²) in [5, 5.41) is 10.9. The molecule has 2 heteroatoms. The maximum absolute atomic E-state index is 7.57. The lowest BCUT2D eigenvalue weighted by molar-refractivity contribution is 0.318. The Morgan fingerprint density at radius 1 is 1.09 bits per heavy atom. The second kappa shape index (κ2) is 16.5. The Bertz CT molecular complexity index is 42.8. The molecule has 70 valence electrons. The summed E-state index contributed by atoms with van der Waals surface area (Å²) in [7, 11) is 0. The van der Waals surface area contributed by atoms with Gasteiger partial charge in [0.2, 0.25) is 0 Å². The number of aliphatic hydroxyl groups is 1. The van der Waals surface area contributed by atoms with Crippen molar-refractivity contribution in [3.05, 3.63) is 0 Å². The highest BCUT2D eigenvalue weighted by atomic mass is 16.2. The Balaban J connectivity index is 0. The molecule has 0 atom stereocenters. The first-order valence-corrected chi connectivity index (χ1v) is 4.64. The van der Waals surface area contributed by atoms with Crippen LogP contribution in [0.2, 0.25) is 0 Å². The molecule has 0 aliphatic heterocycles. The summed E-state index contributed by atoms with van der Waals surface area (Å²) in [6, 6.07) is 0. The molecule has 0 rings (SSSR count). The van der Waals surface area contributed by atoms with E-state index in [4.69, 9.17) is 5.11 Å². The molecule has 11 heavy (non-hydrogen) atoms. The van der Waals surface area contributed by atoms with Crippen molar-refractivity contribution in [2.45, 2.75) is 40.0 Å². The van der Waals surface area contributed by atoms with E-state index in [-0.39, 0.29) is 6.61 Å². The summed E-state index contributed by atoms with van der Waals surface area (Å²) in [5.74, 6) is 0. The molecule has 0 amide bonds. The number of hydrogen-bond acceptors (Lipinski definition) is 2. The van der Waals surface area contributed by atoms with Crippen LogP contribution < -0.4 is 5.32 Å². The normalized spacial score (nSPS) is 8.73. The van der Waals surface area contributed by atoms with E-state index in [2.05, 4.69) is 19.2 Å². The Morgan fingerprint density at radius 2 is 1.64 bits per heavy atom. The highest BCUT2D eigenvalue weighted by molar-refractivity contribution is 4.42. The monoisotopic (exact) mass is 161 g/mol. The summed E-state index contributed by atoms with van der Waals surface area (Å²) < 4.78 is 0. The molecule has 0 radical (unpaired) electrons. The predicted molar refractivity (Wildman–Crippen MR) is 50.8 cm³/mol. The van der Waals surface area contributed by atoms with Crippen molar-refractivity contribution in [1.29, 1.82) is 0 Å². The molecule has 0 saturated heterocycles. The molecule has 0 aromatic heterocycles. The Hall–Kier alpha value is -0.0800. The van der Waals surface area contributed by atoms with Gasteiger partial charge < -0.3 is 10.4 Å². The van der Waals surface area contributed by atoms with Crippen LogP contribution in [0.15, 0.2) is 0 Å². The first-order chi connectivity index (χ1) is 5.33. The molecule has 2 nitrogen and oxygen atoms in total. The van der Waals surface area contributed by atoms with Crippen LogP contribution in [0.1, 0.15) is 40.0 Å². The zero-order valence-corrected chi connectivity index (χ0v) is 8.19. The van der Waals surface area contributed by atoms with Crippen LogP contribution in [0.3, 0.4) is 0 Å². The second-order valence-electron chi connectivity index (χ2n) is 2.38. The van der Waals surface area contributed by atoms with Crippen LogP contribution in [-0.4, -0.2) is 24.8 Å². The van der Waals surface area contributed by atoms with Crippen molar-refractivity contribution >= 4 is 0 Å². The van der Waals surface area contributed by atoms with Gasteiger partial charge in [0.15, 0.2) is 0 Å². The van der Waals surface area contributed by atoms with Gasteiger partial charge in [-0.2, -0.15) is 0 Å². The van der Waals surface area contributed by atoms with Gasteiger partial charge in [-0.15, -0.1) is 0 Å². The number of nitrogens with one attached hydrogen (secondary N) is 1. The molecule has 0 spiro atoms. The third kappa shape index (κ3) is 25.7. The van der Waals surface area contributed by atoms with Gasteiger partial charge in [0.25, 0.3) is 0 Å². The molecule has 0 unspecified atom stereocenters. The number of hydrogen-bond donors (Lipinski definition) is 2. The topological polar surface area (TPSA) is 32.3 Å². The fraction of sp³-hybridized carbons (Fsp3) is 1.00. The van der Waals surface area contributed by atoms with E-state index in [1.807, 2.05) is 0 Å². The van der Waals surface area contributed by atoms with Crippen LogP contribution in [0.4, 0.5) is 0 Å². The van der Waals surface area contributed by atoms with E-state index in [9.17, 15) is 0 Å². The van der Waals surface area contributed by atoms with Crippen molar-refractivity contribution in [1.82, 2.24) is 5.32 Å². The van der Waals surface area contributed by atoms with Crippen molar-refractivity contribution in [3.63, 3.8) is 0 Å². The third-order valence-electron chi connectivity index (χ3n) is 1.21. The molecule has 0 fully saturated rings. The van der Waals surface area contributed by atoms with E-state index in [1.54, 1.807) is 6.92 Å². The zero-order chi connectivity index (χ0) is 8.95. The van der Waals surface area contributed by atoms with Crippen LogP contribution in [0, 0.1) is 0 Å². The van der Waals surface area contributed by atoms with Gasteiger partial charge in [-0.3, -0.25) is 0 Å². The summed E-state index contributed by atoms with van der Waals surface area (Å²) in [6.07, 6.45) is 4.03. The minimum atomic E-state index is 0.250. The molecule has 0 aliphatic rings. The molecule has 0 saturated carbocycles. The van der Waals surface area contributed by atoms with Crippen molar-refractivity contribution < 1.29 is 5.11 Å². The average Bonchev–Trinajstić information content (AvgIpc) is 2.00. The van der Waals surface area contributed by atoms with Gasteiger partial charge in [0.1, 0.15) is 0 Å². The van der Waals surface area contributed by atoms with E-state index < -0.39 is 0 Å². The Kier molecular flexibility index (Phi) is 20.2. The number of aliphatic hydroxyl groups excluding tert-OH is 1. The minimum Gasteiger partial charge on any atom is -0.397 e. The molecule has 0 bridgehead atoms. The fourth-order valence-electron chi connectivity index (χ4n) is 0.677. The largest absolute Gasteiger partial charge is 0.397 e. The molecule has 0 heterocycles. The molecular formula is C9H23NO. The standard InChI is InChI=1S/C7H17N.C2H6O/c1-3-5-6-7-8-4-2;1-2-3/h8H,3-7H2,1-2H3;3H,2H2,1H3. The lowest BCUT2D eigenvalue weighted by Crippen LogP contribution is -2.13. The SMILES string of the molecule is CCCCCNCC.CCO. The maximum Gasteiger partial charge on any atom is 0.0402 e. The molecule has 0 aromatic carbocycles. The predicted octanol–water partition coefficient (Wildman–Crippen LogP) is 1.78. The Morgan fingerprint density at radius 3 is 2.00 bits per heavy atom. The first kappa shape index (κ1) is 13.5. The van der Waals surface area contributed by atoms with Crippen LogP contribution in [-0.2, 0) is 0 Å². The van der Waals surface area contributed by atoms with E-state index in [0.29, 0.717) is 0 Å². The highest BCUT2D eigenvalue weighted by Crippen LogP contribution is 1.89. The van der Waals surface area contributed by atoms with Crippen LogP contribution in [0.25, 0.3) is 0 Å². The van der Waals surface area contributed by atoms with E-state index >= 15 is 0 Å². The van der Waals surface area contributed by atoms with Crippen molar-refractivity contribution in [2.75, 3.05) is 19.7 Å². The molecule has 0 aromatic rings. The van der Waals surface area contributed by atoms with Crippen molar-refractivity contribution in [3.8, 4) is 0 Å².